The number of carbonyl (C=O) groups is 1. The molecule has 7 nitrogen and oxygen atoms in total. The fourth-order valence-electron chi connectivity index (χ4n) is 4.95. The first-order chi connectivity index (χ1) is 15.9. The van der Waals surface area contributed by atoms with Crippen molar-refractivity contribution in [3.05, 3.63) is 62.5 Å². The van der Waals surface area contributed by atoms with Gasteiger partial charge in [0.1, 0.15) is 16.6 Å². The standard InChI is InChI=1S/C23H22F2N4O3S/c1-2-28-16-5-3-4-6-17(16)29-11-14(20(30)21(31)19(29)23(28)32)22-27-26-18(33-22)9-12-7-8-13(24)10-15(12)25/h7-8,10-11,16-17,31H,2-6,9H2,1H3/t16-,17+/m1/s1. The molecule has 10 heteroatoms. The highest BCUT2D eigenvalue weighted by Gasteiger charge is 2.42. The van der Waals surface area contributed by atoms with Gasteiger partial charge in [-0.05, 0) is 31.4 Å². The van der Waals surface area contributed by atoms with E-state index in [1.165, 1.54) is 12.1 Å². The van der Waals surface area contributed by atoms with Crippen LogP contribution in [0, 0.1) is 11.6 Å². The first-order valence-electron chi connectivity index (χ1n) is 10.9. The summed E-state index contributed by atoms with van der Waals surface area (Å²) in [6.07, 6.45) is 5.44. The first-order valence-corrected chi connectivity index (χ1v) is 11.8. The quantitative estimate of drug-likeness (QED) is 0.622. The molecule has 2 aliphatic rings. The molecule has 1 saturated carbocycles. The second-order valence-corrected chi connectivity index (χ2v) is 9.46. The van der Waals surface area contributed by atoms with Crippen LogP contribution >= 0.6 is 11.3 Å². The molecule has 1 aromatic carbocycles. The topological polar surface area (TPSA) is 88.3 Å². The van der Waals surface area contributed by atoms with Crippen molar-refractivity contribution >= 4 is 17.2 Å². The van der Waals surface area contributed by atoms with E-state index in [-0.39, 0.29) is 46.2 Å². The number of amides is 1. The minimum absolute atomic E-state index is 0.0185. The second-order valence-electron chi connectivity index (χ2n) is 8.40. The molecular weight excluding hydrogens is 450 g/mol. The first kappa shape index (κ1) is 21.7. The maximum atomic E-state index is 14.0. The van der Waals surface area contributed by atoms with E-state index < -0.39 is 22.8 Å². The summed E-state index contributed by atoms with van der Waals surface area (Å²) in [5, 5.41) is 19.6. The summed E-state index contributed by atoms with van der Waals surface area (Å²) in [4.78, 5) is 27.9. The van der Waals surface area contributed by atoms with Gasteiger partial charge in [0, 0.05) is 25.2 Å². The Morgan fingerprint density at radius 2 is 1.91 bits per heavy atom. The molecule has 3 heterocycles. The summed E-state index contributed by atoms with van der Waals surface area (Å²) < 4.78 is 28.9. The summed E-state index contributed by atoms with van der Waals surface area (Å²) in [6, 6.07) is 3.32. The fraction of sp³-hybridized carbons (Fsp3) is 0.391. The Kier molecular flexibility index (Phi) is 5.48. The lowest BCUT2D eigenvalue weighted by Crippen LogP contribution is -2.52. The number of likely N-dealkylation sites (N-methyl/N-ethyl adjacent to an activating group) is 1. The number of aromatic nitrogens is 3. The van der Waals surface area contributed by atoms with E-state index in [2.05, 4.69) is 10.2 Å². The summed E-state index contributed by atoms with van der Waals surface area (Å²) in [5.41, 5.74) is -0.247. The molecule has 0 spiro atoms. The van der Waals surface area contributed by atoms with E-state index in [0.717, 1.165) is 43.1 Å². The van der Waals surface area contributed by atoms with Crippen LogP contribution in [-0.2, 0) is 6.42 Å². The highest BCUT2D eigenvalue weighted by molar-refractivity contribution is 7.14. The van der Waals surface area contributed by atoms with Gasteiger partial charge in [-0.15, -0.1) is 10.2 Å². The van der Waals surface area contributed by atoms with Crippen LogP contribution in [0.5, 0.6) is 5.75 Å². The van der Waals surface area contributed by atoms with Crippen LogP contribution in [0.1, 0.15) is 59.7 Å². The van der Waals surface area contributed by atoms with Gasteiger partial charge in [0.05, 0.1) is 17.6 Å². The van der Waals surface area contributed by atoms with Gasteiger partial charge in [0.25, 0.3) is 5.91 Å². The molecule has 1 aliphatic heterocycles. The Morgan fingerprint density at radius 1 is 1.15 bits per heavy atom. The predicted molar refractivity (Wildman–Crippen MR) is 118 cm³/mol. The molecule has 3 aromatic rings. The van der Waals surface area contributed by atoms with Crippen LogP contribution < -0.4 is 5.43 Å². The molecule has 2 aromatic heterocycles. The maximum Gasteiger partial charge on any atom is 0.274 e. The minimum atomic E-state index is -0.685. The van der Waals surface area contributed by atoms with Crippen LogP contribution in [0.4, 0.5) is 8.78 Å². The average molecular weight is 473 g/mol. The molecule has 1 amide bonds. The Hall–Kier alpha value is -3.14. The summed E-state index contributed by atoms with van der Waals surface area (Å²) >= 11 is 1.10. The summed E-state index contributed by atoms with van der Waals surface area (Å²) in [6.45, 7) is 2.41. The van der Waals surface area contributed by atoms with E-state index in [1.54, 1.807) is 15.7 Å². The van der Waals surface area contributed by atoms with Crippen LogP contribution in [0.2, 0.25) is 0 Å². The van der Waals surface area contributed by atoms with Crippen molar-refractivity contribution in [1.29, 1.82) is 0 Å². The average Bonchev–Trinajstić information content (AvgIpc) is 3.26. The number of pyridine rings is 1. The van der Waals surface area contributed by atoms with Crippen molar-refractivity contribution in [2.24, 2.45) is 0 Å². The maximum absolute atomic E-state index is 14.0. The third-order valence-electron chi connectivity index (χ3n) is 6.52. The summed E-state index contributed by atoms with van der Waals surface area (Å²) in [5.74, 6) is -2.27. The van der Waals surface area contributed by atoms with E-state index in [1.807, 2.05) is 6.92 Å². The molecule has 0 radical (unpaired) electrons. The number of rotatable bonds is 4. The molecular formula is C23H22F2N4O3S. The normalized spacial score (nSPS) is 20.0. The zero-order chi connectivity index (χ0) is 23.3. The predicted octanol–water partition coefficient (Wildman–Crippen LogP) is 3.90. The molecule has 1 fully saturated rings. The Balaban J connectivity index is 1.55. The lowest BCUT2D eigenvalue weighted by Gasteiger charge is -2.45. The molecule has 0 saturated heterocycles. The monoisotopic (exact) mass is 472 g/mol. The van der Waals surface area contributed by atoms with E-state index in [4.69, 9.17) is 0 Å². The second kappa shape index (κ2) is 8.33. The van der Waals surface area contributed by atoms with Crippen molar-refractivity contribution in [2.75, 3.05) is 6.54 Å². The molecule has 2 atom stereocenters. The highest BCUT2D eigenvalue weighted by Crippen LogP contribution is 2.40. The minimum Gasteiger partial charge on any atom is -0.503 e. The van der Waals surface area contributed by atoms with Crippen LogP contribution in [0.25, 0.3) is 10.6 Å². The Morgan fingerprint density at radius 3 is 2.64 bits per heavy atom. The van der Waals surface area contributed by atoms with E-state index in [0.29, 0.717) is 11.6 Å². The van der Waals surface area contributed by atoms with Gasteiger partial charge in [-0.3, -0.25) is 9.59 Å². The van der Waals surface area contributed by atoms with Crippen LogP contribution in [-0.4, -0.2) is 43.3 Å². The molecule has 5 rings (SSSR count). The molecule has 1 N–H and O–H groups in total. The lowest BCUT2D eigenvalue weighted by molar-refractivity contribution is 0.0444. The van der Waals surface area contributed by atoms with Gasteiger partial charge < -0.3 is 14.6 Å². The Labute approximate surface area is 192 Å². The zero-order valence-corrected chi connectivity index (χ0v) is 18.7. The largest absolute Gasteiger partial charge is 0.503 e. The third kappa shape index (κ3) is 3.62. The van der Waals surface area contributed by atoms with Gasteiger partial charge in [-0.25, -0.2) is 8.78 Å². The van der Waals surface area contributed by atoms with E-state index in [9.17, 15) is 23.5 Å². The zero-order valence-electron chi connectivity index (χ0n) is 17.9. The van der Waals surface area contributed by atoms with Gasteiger partial charge in [0.2, 0.25) is 5.43 Å². The van der Waals surface area contributed by atoms with Crippen LogP contribution in [0.15, 0.2) is 29.2 Å². The fourth-order valence-corrected chi connectivity index (χ4v) is 5.82. The Bertz CT molecular complexity index is 1310. The number of hydrogen-bond acceptors (Lipinski definition) is 6. The SMILES string of the molecule is CCN1C(=O)c2c(O)c(=O)c(-c3nnc(Cc4ccc(F)cc4F)s3)cn2[C@H]2CCCC[C@H]21. The number of nitrogens with zero attached hydrogens (tertiary/aromatic N) is 4. The number of aromatic hydroxyl groups is 1. The number of halogens is 2. The smallest absolute Gasteiger partial charge is 0.274 e. The van der Waals surface area contributed by atoms with Gasteiger partial charge in [-0.2, -0.15) is 0 Å². The van der Waals surface area contributed by atoms with Crippen molar-refractivity contribution in [1.82, 2.24) is 19.7 Å². The molecule has 172 valence electrons. The van der Waals surface area contributed by atoms with Crippen molar-refractivity contribution in [2.45, 2.75) is 51.1 Å². The highest BCUT2D eigenvalue weighted by atomic mass is 32.1. The summed E-state index contributed by atoms with van der Waals surface area (Å²) in [7, 11) is 0. The van der Waals surface area contributed by atoms with Gasteiger partial charge in [0.15, 0.2) is 16.5 Å². The van der Waals surface area contributed by atoms with Crippen molar-refractivity contribution < 1.29 is 18.7 Å². The third-order valence-corrected chi connectivity index (χ3v) is 7.48. The molecule has 33 heavy (non-hydrogen) atoms. The molecule has 1 aliphatic carbocycles. The van der Waals surface area contributed by atoms with Crippen molar-refractivity contribution in [3.63, 3.8) is 0 Å². The number of hydrogen-bond donors (Lipinski definition) is 1. The van der Waals surface area contributed by atoms with Crippen LogP contribution in [0.3, 0.4) is 0 Å². The lowest BCUT2D eigenvalue weighted by atomic mass is 9.86. The number of fused-ring (bicyclic) bond motifs is 3. The number of carbonyl (C=O) groups excluding carboxylic acids is 1. The molecule has 0 unspecified atom stereocenters. The van der Waals surface area contributed by atoms with Crippen molar-refractivity contribution in [3.8, 4) is 16.3 Å². The number of benzene rings is 1. The van der Waals surface area contributed by atoms with Gasteiger partial charge in [-0.1, -0.05) is 30.2 Å². The molecule has 0 bridgehead atoms. The van der Waals surface area contributed by atoms with Gasteiger partial charge >= 0.3 is 0 Å². The van der Waals surface area contributed by atoms with E-state index >= 15 is 0 Å².